The van der Waals surface area contributed by atoms with E-state index in [2.05, 4.69) is 64.0 Å². The van der Waals surface area contributed by atoms with Crippen LogP contribution >= 0.6 is 22.9 Å². The average molecular weight is 565 g/mol. The quantitative estimate of drug-likeness (QED) is 0.284. The van der Waals surface area contributed by atoms with E-state index in [1.807, 2.05) is 11.3 Å². The standard InChI is InChI=1S/C27H45ClN8OS/c1-17-18(2)38-27-23(17)24(20-6-8-21(28)9-7-20)31-25(26-33-32-19(3)36(26)27)30-16-22(37)29-10-5-11-35-14-12-34(4)13-15-35/h19-21,25-26,30,32-33H,5-16H2,1-4H3,(H,29,37). The smallest absolute Gasteiger partial charge is 0.234 e. The Hall–Kier alpha value is -1.27. The third-order valence-corrected chi connectivity index (χ3v) is 10.3. The molecule has 3 fully saturated rings. The second-order valence-corrected chi connectivity index (χ2v) is 13.2. The van der Waals surface area contributed by atoms with Crippen molar-refractivity contribution in [2.24, 2.45) is 10.9 Å². The van der Waals surface area contributed by atoms with E-state index in [-0.39, 0.29) is 36.3 Å². The molecule has 0 bridgehead atoms. The van der Waals surface area contributed by atoms with Crippen LogP contribution in [0.1, 0.15) is 55.0 Å². The van der Waals surface area contributed by atoms with Gasteiger partial charge in [0.05, 0.1) is 18.4 Å². The number of anilines is 1. The molecule has 212 valence electrons. The van der Waals surface area contributed by atoms with E-state index in [4.69, 9.17) is 16.6 Å². The fourth-order valence-corrected chi connectivity index (χ4v) is 7.69. The molecule has 0 aromatic carbocycles. The van der Waals surface area contributed by atoms with Crippen LogP contribution in [0.2, 0.25) is 0 Å². The Morgan fingerprint density at radius 2 is 1.87 bits per heavy atom. The minimum atomic E-state index is -0.244. The van der Waals surface area contributed by atoms with Gasteiger partial charge in [-0.25, -0.2) is 10.9 Å². The van der Waals surface area contributed by atoms with Crippen LogP contribution in [-0.4, -0.2) is 98.2 Å². The third-order valence-electron chi connectivity index (χ3n) is 8.68. The van der Waals surface area contributed by atoms with Gasteiger partial charge < -0.3 is 20.0 Å². The number of nitrogens with one attached hydrogen (secondary N) is 4. The number of amides is 1. The van der Waals surface area contributed by atoms with Crippen molar-refractivity contribution in [3.63, 3.8) is 0 Å². The van der Waals surface area contributed by atoms with Crippen LogP contribution < -0.4 is 26.4 Å². The predicted molar refractivity (Wildman–Crippen MR) is 157 cm³/mol. The van der Waals surface area contributed by atoms with Crippen LogP contribution in [-0.2, 0) is 4.79 Å². The number of piperazine rings is 1. The van der Waals surface area contributed by atoms with Crippen molar-refractivity contribution < 1.29 is 4.79 Å². The number of carbonyl (C=O) groups is 1. The number of aliphatic imine (C=N–C) groups is 1. The fraction of sp³-hybridized carbons (Fsp3) is 0.778. The minimum Gasteiger partial charge on any atom is -0.355 e. The molecule has 2 saturated heterocycles. The van der Waals surface area contributed by atoms with E-state index in [1.165, 1.54) is 26.7 Å². The summed E-state index contributed by atoms with van der Waals surface area (Å²) in [5, 5.41) is 8.16. The zero-order chi connectivity index (χ0) is 26.8. The lowest BCUT2D eigenvalue weighted by Gasteiger charge is -2.32. The van der Waals surface area contributed by atoms with Gasteiger partial charge in [0.25, 0.3) is 0 Å². The van der Waals surface area contributed by atoms with Gasteiger partial charge in [0.1, 0.15) is 17.3 Å². The van der Waals surface area contributed by atoms with Gasteiger partial charge >= 0.3 is 0 Å². The number of hydrazine groups is 1. The van der Waals surface area contributed by atoms with Gasteiger partial charge in [-0.2, -0.15) is 0 Å². The maximum Gasteiger partial charge on any atom is 0.234 e. The number of rotatable bonds is 8. The number of carbonyl (C=O) groups excluding carboxylic acids is 1. The van der Waals surface area contributed by atoms with Crippen molar-refractivity contribution in [1.82, 2.24) is 31.3 Å². The summed E-state index contributed by atoms with van der Waals surface area (Å²) < 4.78 is 0. The maximum absolute atomic E-state index is 12.8. The molecule has 1 aliphatic carbocycles. The highest BCUT2D eigenvalue weighted by Gasteiger charge is 2.43. The first-order valence-corrected chi connectivity index (χ1v) is 15.6. The number of hydrogen-bond donors (Lipinski definition) is 4. The summed E-state index contributed by atoms with van der Waals surface area (Å²) in [4.78, 5) is 26.8. The van der Waals surface area contributed by atoms with E-state index in [9.17, 15) is 4.79 Å². The largest absolute Gasteiger partial charge is 0.355 e. The van der Waals surface area contributed by atoms with Crippen LogP contribution in [0.15, 0.2) is 4.99 Å². The molecular weight excluding hydrogens is 520 g/mol. The second-order valence-electron chi connectivity index (χ2n) is 11.4. The molecule has 3 aliphatic heterocycles. The molecule has 5 rings (SSSR count). The number of aryl methyl sites for hydroxylation is 1. The first-order valence-electron chi connectivity index (χ1n) is 14.3. The predicted octanol–water partition coefficient (Wildman–Crippen LogP) is 2.22. The summed E-state index contributed by atoms with van der Waals surface area (Å²) in [5.41, 5.74) is 10.7. The molecule has 9 nitrogen and oxygen atoms in total. The van der Waals surface area contributed by atoms with Gasteiger partial charge in [-0.05, 0) is 72.0 Å². The summed E-state index contributed by atoms with van der Waals surface area (Å²) in [6.45, 7) is 13.1. The lowest BCUT2D eigenvalue weighted by atomic mass is 9.82. The van der Waals surface area contributed by atoms with Gasteiger partial charge in [-0.15, -0.1) is 22.9 Å². The normalized spacial score (nSPS) is 30.5. The Morgan fingerprint density at radius 3 is 2.61 bits per heavy atom. The van der Waals surface area contributed by atoms with Gasteiger partial charge in [-0.3, -0.25) is 15.1 Å². The third kappa shape index (κ3) is 6.22. The van der Waals surface area contributed by atoms with Crippen LogP contribution in [0.25, 0.3) is 0 Å². The van der Waals surface area contributed by atoms with Crippen LogP contribution in [0.5, 0.6) is 0 Å². The summed E-state index contributed by atoms with van der Waals surface area (Å²) in [7, 11) is 2.18. The Labute approximate surface area is 236 Å². The summed E-state index contributed by atoms with van der Waals surface area (Å²) in [6.07, 6.45) is 4.96. The minimum absolute atomic E-state index is 0.0272. The monoisotopic (exact) mass is 564 g/mol. The number of alkyl halides is 1. The average Bonchev–Trinajstić information content (AvgIpc) is 3.38. The number of fused-ring (bicyclic) bond motifs is 3. The first kappa shape index (κ1) is 28.3. The van der Waals surface area contributed by atoms with E-state index in [0.717, 1.165) is 64.8 Å². The second kappa shape index (κ2) is 12.5. The van der Waals surface area contributed by atoms with Gasteiger partial charge in [0.15, 0.2) is 0 Å². The van der Waals surface area contributed by atoms with Crippen molar-refractivity contribution in [3.05, 3.63) is 16.0 Å². The molecular formula is C27H45ClN8OS. The van der Waals surface area contributed by atoms with Crippen LogP contribution in [0.4, 0.5) is 5.00 Å². The molecule has 4 aliphatic rings. The van der Waals surface area contributed by atoms with Crippen molar-refractivity contribution >= 4 is 39.6 Å². The van der Waals surface area contributed by atoms with E-state index >= 15 is 0 Å². The van der Waals surface area contributed by atoms with E-state index in [1.54, 1.807) is 0 Å². The Morgan fingerprint density at radius 1 is 1.13 bits per heavy atom. The van der Waals surface area contributed by atoms with Crippen molar-refractivity contribution in [2.45, 2.75) is 76.7 Å². The lowest BCUT2D eigenvalue weighted by Crippen LogP contribution is -2.54. The Kier molecular flexibility index (Phi) is 9.29. The highest BCUT2D eigenvalue weighted by atomic mass is 35.5. The highest BCUT2D eigenvalue weighted by molar-refractivity contribution is 7.16. The van der Waals surface area contributed by atoms with Gasteiger partial charge in [0.2, 0.25) is 5.91 Å². The molecule has 4 N–H and O–H groups in total. The van der Waals surface area contributed by atoms with E-state index in [0.29, 0.717) is 12.5 Å². The van der Waals surface area contributed by atoms with E-state index < -0.39 is 0 Å². The van der Waals surface area contributed by atoms with Crippen LogP contribution in [0, 0.1) is 19.8 Å². The lowest BCUT2D eigenvalue weighted by molar-refractivity contribution is -0.120. The number of nitrogens with zero attached hydrogens (tertiary/aromatic N) is 4. The number of halogens is 1. The van der Waals surface area contributed by atoms with Crippen molar-refractivity contribution in [1.29, 1.82) is 0 Å². The van der Waals surface area contributed by atoms with Crippen LogP contribution in [0.3, 0.4) is 0 Å². The zero-order valence-corrected chi connectivity index (χ0v) is 24.9. The molecule has 1 amide bonds. The van der Waals surface area contributed by atoms with Gasteiger partial charge in [-0.1, -0.05) is 0 Å². The molecule has 38 heavy (non-hydrogen) atoms. The number of hydrogen-bond acceptors (Lipinski definition) is 9. The number of likely N-dealkylation sites (N-methyl/N-ethyl adjacent to an activating group) is 1. The first-order chi connectivity index (χ1) is 18.3. The Bertz CT molecular complexity index is 1000. The highest BCUT2D eigenvalue weighted by Crippen LogP contribution is 2.43. The maximum atomic E-state index is 12.8. The SMILES string of the molecule is Cc1sc2c(c1C)C(C1CCC(Cl)CC1)=NC(NCC(=O)NCCCN1CCN(C)CC1)C1NNC(C)N21. The summed E-state index contributed by atoms with van der Waals surface area (Å²) >= 11 is 8.33. The van der Waals surface area contributed by atoms with Crippen molar-refractivity contribution in [2.75, 3.05) is 57.8 Å². The molecule has 0 spiro atoms. The fourth-order valence-electron chi connectivity index (χ4n) is 6.15. The molecule has 3 atom stereocenters. The summed E-state index contributed by atoms with van der Waals surface area (Å²) in [5.74, 6) is 0.423. The Balaban J connectivity index is 1.25. The summed E-state index contributed by atoms with van der Waals surface area (Å²) in [6, 6.07) is 0. The molecule has 0 radical (unpaired) electrons. The topological polar surface area (TPSA) is 87.3 Å². The molecule has 3 unspecified atom stereocenters. The zero-order valence-electron chi connectivity index (χ0n) is 23.4. The molecule has 11 heteroatoms. The van der Waals surface area contributed by atoms with Gasteiger partial charge in [0, 0.05) is 54.5 Å². The molecule has 4 heterocycles. The molecule has 1 saturated carbocycles. The number of thiophene rings is 1. The molecule has 1 aromatic rings. The van der Waals surface area contributed by atoms with Crippen molar-refractivity contribution in [3.8, 4) is 0 Å². The molecule has 1 aromatic heterocycles.